The van der Waals surface area contributed by atoms with Crippen LogP contribution < -0.4 is 5.73 Å². The molecule has 0 radical (unpaired) electrons. The fourth-order valence-corrected chi connectivity index (χ4v) is 2.30. The van der Waals surface area contributed by atoms with Crippen molar-refractivity contribution in [1.29, 1.82) is 0 Å². The van der Waals surface area contributed by atoms with Crippen molar-refractivity contribution in [3.63, 3.8) is 0 Å². The molecule has 0 bridgehead atoms. The van der Waals surface area contributed by atoms with Gasteiger partial charge in [0.05, 0.1) is 0 Å². The van der Waals surface area contributed by atoms with E-state index in [1.807, 2.05) is 0 Å². The number of hydrogen-bond acceptors (Lipinski definition) is 3. The second-order valence-corrected chi connectivity index (χ2v) is 5.44. The van der Waals surface area contributed by atoms with Crippen LogP contribution in [0.4, 0.5) is 0 Å². The van der Waals surface area contributed by atoms with Crippen LogP contribution in [0.2, 0.25) is 0 Å². The van der Waals surface area contributed by atoms with Crippen LogP contribution in [0, 0.1) is 0 Å². The third-order valence-electron chi connectivity index (χ3n) is 2.52. The smallest absolute Gasteiger partial charge is 0.139 e. The summed E-state index contributed by atoms with van der Waals surface area (Å²) in [6, 6.07) is 8.67. The summed E-state index contributed by atoms with van der Waals surface area (Å²) in [5, 5.41) is 11.3. The minimum absolute atomic E-state index is 0.306. The normalized spacial score (nSPS) is 12.1. The maximum absolute atomic E-state index is 8.39. The van der Waals surface area contributed by atoms with Gasteiger partial charge in [0.15, 0.2) is 0 Å². The average molecular weight is 252 g/mol. The second-order valence-electron chi connectivity index (χ2n) is 4.27. The highest BCUT2D eigenvalue weighted by Gasteiger charge is 2.00. The molecule has 0 spiro atoms. The van der Waals surface area contributed by atoms with Gasteiger partial charge in [-0.05, 0) is 35.8 Å². The maximum atomic E-state index is 8.39. The number of nitrogens with zero attached hydrogens (tertiary/aromatic N) is 1. The van der Waals surface area contributed by atoms with Crippen LogP contribution in [-0.2, 0) is 0 Å². The third-order valence-corrected chi connectivity index (χ3v) is 3.62. The van der Waals surface area contributed by atoms with Crippen LogP contribution in [0.25, 0.3) is 0 Å². The second kappa shape index (κ2) is 7.22. The van der Waals surface area contributed by atoms with Crippen LogP contribution in [0.1, 0.15) is 38.2 Å². The zero-order valence-electron chi connectivity index (χ0n) is 10.4. The lowest BCUT2D eigenvalue weighted by molar-refractivity contribution is 0.317. The molecule has 4 heteroatoms. The molecule has 0 aliphatic rings. The molecule has 0 amide bonds. The first-order valence-corrected chi connectivity index (χ1v) is 6.81. The van der Waals surface area contributed by atoms with E-state index in [4.69, 9.17) is 10.9 Å². The van der Waals surface area contributed by atoms with E-state index in [1.54, 1.807) is 11.8 Å². The first-order valence-electron chi connectivity index (χ1n) is 5.82. The fourth-order valence-electron chi connectivity index (χ4n) is 1.44. The summed E-state index contributed by atoms with van der Waals surface area (Å²) in [6.45, 7) is 4.39. The summed E-state index contributed by atoms with van der Waals surface area (Å²) in [5.41, 5.74) is 6.76. The molecular weight excluding hydrogens is 232 g/mol. The van der Waals surface area contributed by atoms with E-state index >= 15 is 0 Å². The predicted molar refractivity (Wildman–Crippen MR) is 73.9 cm³/mol. The van der Waals surface area contributed by atoms with Crippen molar-refractivity contribution in [3.8, 4) is 0 Å². The Morgan fingerprint density at radius 2 is 2.00 bits per heavy atom. The Hall–Kier alpha value is -1.16. The van der Waals surface area contributed by atoms with E-state index in [9.17, 15) is 0 Å². The molecule has 0 fully saturated rings. The summed E-state index contributed by atoms with van der Waals surface area (Å²) < 4.78 is 0. The molecule has 0 atom stereocenters. The van der Waals surface area contributed by atoms with Gasteiger partial charge in [0.1, 0.15) is 5.84 Å². The van der Waals surface area contributed by atoms with Gasteiger partial charge in [0, 0.05) is 11.3 Å². The third kappa shape index (κ3) is 5.13. The van der Waals surface area contributed by atoms with Crippen molar-refractivity contribution in [1.82, 2.24) is 0 Å². The Labute approximate surface area is 107 Å². The van der Waals surface area contributed by atoms with Crippen molar-refractivity contribution >= 4 is 17.6 Å². The molecule has 0 heterocycles. The summed E-state index contributed by atoms with van der Waals surface area (Å²) in [7, 11) is 0. The molecule has 0 saturated heterocycles. The average Bonchev–Trinajstić information content (AvgIpc) is 2.34. The molecule has 0 aliphatic carbocycles. The molecule has 0 unspecified atom stereocenters. The predicted octanol–water partition coefficient (Wildman–Crippen LogP) is 3.43. The van der Waals surface area contributed by atoms with E-state index in [-0.39, 0.29) is 0 Å². The van der Waals surface area contributed by atoms with E-state index < -0.39 is 0 Å². The highest BCUT2D eigenvalue weighted by molar-refractivity contribution is 7.99. The fraction of sp³-hybridized carbons (Fsp3) is 0.462. The number of rotatable bonds is 6. The molecule has 3 N–H and O–H groups in total. The van der Waals surface area contributed by atoms with Gasteiger partial charge in [-0.1, -0.05) is 31.1 Å². The topological polar surface area (TPSA) is 58.6 Å². The number of oxime groups is 1. The van der Waals surface area contributed by atoms with Crippen molar-refractivity contribution in [3.05, 3.63) is 29.8 Å². The molecule has 0 saturated carbocycles. The van der Waals surface area contributed by atoms with Gasteiger partial charge in [0.25, 0.3) is 0 Å². The Balaban J connectivity index is 2.32. The van der Waals surface area contributed by atoms with E-state index in [2.05, 4.69) is 43.3 Å². The Morgan fingerprint density at radius 3 is 2.53 bits per heavy atom. The summed E-state index contributed by atoms with van der Waals surface area (Å²) in [4.78, 5) is 1.27. The lowest BCUT2D eigenvalue weighted by Crippen LogP contribution is -2.11. The molecule has 0 aliphatic heterocycles. The summed E-state index contributed by atoms with van der Waals surface area (Å²) >= 11 is 1.80. The number of nitrogens with two attached hydrogens (primary N) is 1. The van der Waals surface area contributed by atoms with Gasteiger partial charge in [-0.3, -0.25) is 0 Å². The molecule has 1 aromatic carbocycles. The maximum Gasteiger partial charge on any atom is 0.139 e. The van der Waals surface area contributed by atoms with E-state index in [1.165, 1.54) is 10.5 Å². The standard InChI is InChI=1S/C13H20N2OS/c1-10(2)11-5-7-12(8-6-11)17-9-3-4-13(14)15-16/h5-8,10,16H,3-4,9H2,1-2H3,(H2,14,15). The van der Waals surface area contributed by atoms with Gasteiger partial charge < -0.3 is 10.9 Å². The van der Waals surface area contributed by atoms with E-state index in [0.717, 1.165) is 12.2 Å². The van der Waals surface area contributed by atoms with Gasteiger partial charge in [-0.2, -0.15) is 0 Å². The SMILES string of the molecule is CC(C)c1ccc(SCCC/C(N)=N/O)cc1. The number of amidine groups is 1. The zero-order valence-corrected chi connectivity index (χ0v) is 11.2. The molecule has 1 rings (SSSR count). The van der Waals surface area contributed by atoms with Crippen LogP contribution in [0.3, 0.4) is 0 Å². The van der Waals surface area contributed by atoms with Crippen molar-refractivity contribution < 1.29 is 5.21 Å². The van der Waals surface area contributed by atoms with Gasteiger partial charge in [0.2, 0.25) is 0 Å². The lowest BCUT2D eigenvalue weighted by Gasteiger charge is -2.06. The van der Waals surface area contributed by atoms with Gasteiger partial charge >= 0.3 is 0 Å². The number of thioether (sulfide) groups is 1. The highest BCUT2D eigenvalue weighted by Crippen LogP contribution is 2.22. The van der Waals surface area contributed by atoms with Crippen molar-refractivity contribution in [2.24, 2.45) is 10.9 Å². The summed E-state index contributed by atoms with van der Waals surface area (Å²) in [6.07, 6.45) is 1.57. The largest absolute Gasteiger partial charge is 0.409 e. The first-order chi connectivity index (χ1) is 8.13. The highest BCUT2D eigenvalue weighted by atomic mass is 32.2. The molecule has 94 valence electrons. The van der Waals surface area contributed by atoms with Crippen LogP contribution >= 0.6 is 11.8 Å². The van der Waals surface area contributed by atoms with Crippen molar-refractivity contribution in [2.75, 3.05) is 5.75 Å². The molecular formula is C13H20N2OS. The van der Waals surface area contributed by atoms with Crippen LogP contribution in [0.15, 0.2) is 34.3 Å². The van der Waals surface area contributed by atoms with E-state index in [0.29, 0.717) is 18.2 Å². The molecule has 17 heavy (non-hydrogen) atoms. The van der Waals surface area contributed by atoms with Crippen LogP contribution in [-0.4, -0.2) is 16.8 Å². The Morgan fingerprint density at radius 1 is 1.35 bits per heavy atom. The molecule has 1 aromatic rings. The monoisotopic (exact) mass is 252 g/mol. The quantitative estimate of drug-likeness (QED) is 0.204. The molecule has 3 nitrogen and oxygen atoms in total. The van der Waals surface area contributed by atoms with Gasteiger partial charge in [-0.25, -0.2) is 0 Å². The minimum Gasteiger partial charge on any atom is -0.409 e. The van der Waals surface area contributed by atoms with Crippen molar-refractivity contribution in [2.45, 2.75) is 37.5 Å². The first kappa shape index (κ1) is 13.9. The Kier molecular flexibility index (Phi) is 5.91. The lowest BCUT2D eigenvalue weighted by atomic mass is 10.0. The minimum atomic E-state index is 0.306. The Bertz CT molecular complexity index is 360. The number of benzene rings is 1. The number of hydrogen-bond donors (Lipinski definition) is 2. The molecule has 0 aromatic heterocycles. The zero-order chi connectivity index (χ0) is 12.7. The van der Waals surface area contributed by atoms with Crippen LogP contribution in [0.5, 0.6) is 0 Å². The van der Waals surface area contributed by atoms with Gasteiger partial charge in [-0.15, -0.1) is 11.8 Å². The summed E-state index contributed by atoms with van der Waals surface area (Å²) in [5.74, 6) is 1.87.